The third kappa shape index (κ3) is 3.44. The lowest BCUT2D eigenvalue weighted by Gasteiger charge is -2.07. The first-order valence-electron chi connectivity index (χ1n) is 8.58. The van der Waals surface area contributed by atoms with Gasteiger partial charge in [0.25, 0.3) is 6.01 Å². The maximum Gasteiger partial charge on any atom is 0.299 e. The van der Waals surface area contributed by atoms with Gasteiger partial charge in [0.15, 0.2) is 17.3 Å². The van der Waals surface area contributed by atoms with E-state index in [1.165, 1.54) is 18.3 Å². The van der Waals surface area contributed by atoms with Crippen molar-refractivity contribution in [1.29, 1.82) is 0 Å². The number of nitrogens with one attached hydrogen (secondary N) is 1. The average Bonchev–Trinajstić information content (AvgIpc) is 3.16. The Kier molecular flexibility index (Phi) is 4.53. The number of aromatic hydroxyl groups is 1. The fourth-order valence-corrected chi connectivity index (χ4v) is 2.90. The minimum Gasteiger partial charge on any atom is -0.505 e. The molecule has 140 valence electrons. The van der Waals surface area contributed by atoms with Crippen LogP contribution < -0.4 is 5.32 Å². The average molecular weight is 378 g/mol. The monoisotopic (exact) mass is 378 g/mol. The molecule has 1 aromatic heterocycles. The molecule has 0 saturated heterocycles. The molecule has 2 N–H and O–H groups in total. The second kappa shape index (κ2) is 7.15. The van der Waals surface area contributed by atoms with Gasteiger partial charge in [-0.2, -0.15) is 0 Å². The quantitative estimate of drug-likeness (QED) is 0.454. The van der Waals surface area contributed by atoms with E-state index < -0.39 is 11.6 Å². The van der Waals surface area contributed by atoms with Gasteiger partial charge in [0, 0.05) is 5.56 Å². The zero-order valence-corrected chi connectivity index (χ0v) is 14.9. The van der Waals surface area contributed by atoms with Crippen molar-refractivity contribution in [3.63, 3.8) is 0 Å². The van der Waals surface area contributed by atoms with Crippen LogP contribution in [0.25, 0.3) is 22.5 Å². The summed E-state index contributed by atoms with van der Waals surface area (Å²) in [5.74, 6) is -0.943. The van der Waals surface area contributed by atoms with Gasteiger partial charge in [0.2, 0.25) is 0 Å². The first kappa shape index (κ1) is 17.7. The highest BCUT2D eigenvalue weighted by molar-refractivity contribution is 5.72. The number of oxazole rings is 1. The van der Waals surface area contributed by atoms with Crippen LogP contribution in [0.5, 0.6) is 5.75 Å². The van der Waals surface area contributed by atoms with E-state index in [0.29, 0.717) is 16.9 Å². The van der Waals surface area contributed by atoms with Gasteiger partial charge in [-0.1, -0.05) is 30.3 Å². The van der Waals surface area contributed by atoms with Gasteiger partial charge >= 0.3 is 0 Å². The molecule has 28 heavy (non-hydrogen) atoms. The van der Waals surface area contributed by atoms with E-state index in [2.05, 4.69) is 10.3 Å². The van der Waals surface area contributed by atoms with E-state index >= 15 is 0 Å². The molecule has 0 aliphatic rings. The molecule has 0 aliphatic carbocycles. The number of rotatable bonds is 4. The fraction of sp³-hybridized carbons (Fsp3) is 0.0455. The van der Waals surface area contributed by atoms with Crippen LogP contribution in [0.1, 0.15) is 5.56 Å². The van der Waals surface area contributed by atoms with E-state index in [1.54, 1.807) is 31.2 Å². The number of nitrogens with zero attached hydrogens (tertiary/aromatic N) is 1. The largest absolute Gasteiger partial charge is 0.505 e. The smallest absolute Gasteiger partial charge is 0.299 e. The summed E-state index contributed by atoms with van der Waals surface area (Å²) >= 11 is 0. The molecule has 4 aromatic rings. The molecule has 4 nitrogen and oxygen atoms in total. The normalized spacial score (nSPS) is 10.8. The summed E-state index contributed by atoms with van der Waals surface area (Å²) in [6.45, 7) is 1.64. The Morgan fingerprint density at radius 3 is 2.46 bits per heavy atom. The number of halogens is 2. The third-order valence-electron chi connectivity index (χ3n) is 4.36. The van der Waals surface area contributed by atoms with Crippen molar-refractivity contribution >= 4 is 11.7 Å². The van der Waals surface area contributed by atoms with E-state index in [-0.39, 0.29) is 17.5 Å². The number of phenolic OH excluding ortho intramolecular Hbond substituents is 1. The first-order valence-corrected chi connectivity index (χ1v) is 8.58. The van der Waals surface area contributed by atoms with Gasteiger partial charge in [-0.15, -0.1) is 0 Å². The molecule has 1 heterocycles. The van der Waals surface area contributed by atoms with Crippen LogP contribution in [0.15, 0.2) is 71.3 Å². The maximum absolute atomic E-state index is 13.9. The van der Waals surface area contributed by atoms with E-state index in [9.17, 15) is 13.9 Å². The topological polar surface area (TPSA) is 58.3 Å². The predicted molar refractivity (Wildman–Crippen MR) is 103 cm³/mol. The summed E-state index contributed by atoms with van der Waals surface area (Å²) in [6.07, 6.45) is 1.53. The summed E-state index contributed by atoms with van der Waals surface area (Å²) in [7, 11) is 0. The number of para-hydroxylation sites is 1. The van der Waals surface area contributed by atoms with Crippen molar-refractivity contribution in [3.05, 3.63) is 84.1 Å². The molecule has 0 aliphatic heterocycles. The Morgan fingerprint density at radius 1 is 0.893 bits per heavy atom. The highest BCUT2D eigenvalue weighted by atomic mass is 19.1. The number of phenols is 1. The molecule has 3 aromatic carbocycles. The zero-order valence-electron chi connectivity index (χ0n) is 14.9. The van der Waals surface area contributed by atoms with E-state index in [4.69, 9.17) is 4.42 Å². The number of aromatic nitrogens is 1. The summed E-state index contributed by atoms with van der Waals surface area (Å²) < 4.78 is 33.3. The predicted octanol–water partition coefficient (Wildman–Crippen LogP) is 6.04. The molecular formula is C22H16F2N2O2. The van der Waals surface area contributed by atoms with Crippen LogP contribution in [0.3, 0.4) is 0 Å². The van der Waals surface area contributed by atoms with Crippen molar-refractivity contribution in [2.45, 2.75) is 6.92 Å². The van der Waals surface area contributed by atoms with E-state index in [1.807, 2.05) is 24.3 Å². The van der Waals surface area contributed by atoms with Crippen molar-refractivity contribution in [2.24, 2.45) is 0 Å². The van der Waals surface area contributed by atoms with Crippen LogP contribution in [0.2, 0.25) is 0 Å². The second-order valence-electron chi connectivity index (χ2n) is 6.34. The molecule has 0 spiro atoms. The molecule has 4 rings (SSSR count). The Hall–Kier alpha value is -3.67. The molecule has 0 saturated carbocycles. The number of anilines is 2. The van der Waals surface area contributed by atoms with Crippen molar-refractivity contribution in [3.8, 4) is 28.2 Å². The Labute approximate surface area is 160 Å². The van der Waals surface area contributed by atoms with Crippen LogP contribution >= 0.6 is 0 Å². The molecule has 0 atom stereocenters. The zero-order chi connectivity index (χ0) is 19.7. The van der Waals surface area contributed by atoms with Gasteiger partial charge in [-0.3, -0.25) is 0 Å². The Morgan fingerprint density at radius 2 is 1.68 bits per heavy atom. The summed E-state index contributed by atoms with van der Waals surface area (Å²) in [5.41, 5.74) is 2.85. The fourth-order valence-electron chi connectivity index (χ4n) is 2.90. The lowest BCUT2D eigenvalue weighted by Crippen LogP contribution is -1.92. The molecule has 0 fully saturated rings. The van der Waals surface area contributed by atoms with Gasteiger partial charge in [0.05, 0.1) is 11.9 Å². The van der Waals surface area contributed by atoms with Crippen LogP contribution in [0, 0.1) is 18.6 Å². The number of hydrogen-bond acceptors (Lipinski definition) is 4. The maximum atomic E-state index is 13.9. The highest BCUT2D eigenvalue weighted by Crippen LogP contribution is 2.32. The summed E-state index contributed by atoms with van der Waals surface area (Å²) in [6, 6.07) is 16.7. The summed E-state index contributed by atoms with van der Waals surface area (Å²) in [4.78, 5) is 4.13. The highest BCUT2D eigenvalue weighted by Gasteiger charge is 2.12. The van der Waals surface area contributed by atoms with Gasteiger partial charge < -0.3 is 14.8 Å². The second-order valence-corrected chi connectivity index (χ2v) is 6.34. The van der Waals surface area contributed by atoms with Crippen molar-refractivity contribution < 1.29 is 18.3 Å². The molecule has 0 bridgehead atoms. The minimum atomic E-state index is -0.670. The van der Waals surface area contributed by atoms with Crippen LogP contribution in [0.4, 0.5) is 20.5 Å². The molecule has 6 heteroatoms. The van der Waals surface area contributed by atoms with Gasteiger partial charge in [0.1, 0.15) is 5.82 Å². The molecule has 0 unspecified atom stereocenters. The van der Waals surface area contributed by atoms with Crippen molar-refractivity contribution in [1.82, 2.24) is 4.98 Å². The first-order chi connectivity index (χ1) is 13.5. The Balaban J connectivity index is 1.64. The van der Waals surface area contributed by atoms with E-state index in [0.717, 1.165) is 11.1 Å². The van der Waals surface area contributed by atoms with Crippen molar-refractivity contribution in [2.75, 3.05) is 5.32 Å². The Bertz CT molecular complexity index is 1130. The standard InChI is InChI=1S/C22H16F2N2O2/c1-13-9-16(11-18(24)21(13)27)14-5-4-6-15(10-14)20-12-25-22(28-20)26-19-8-3-2-7-17(19)23/h2-12,27H,1H3,(H,25,26). The molecular weight excluding hydrogens is 362 g/mol. The number of aryl methyl sites for hydroxylation is 1. The van der Waals surface area contributed by atoms with Gasteiger partial charge in [-0.05, 0) is 53.9 Å². The third-order valence-corrected chi connectivity index (χ3v) is 4.36. The molecule has 0 amide bonds. The minimum absolute atomic E-state index is 0.164. The summed E-state index contributed by atoms with van der Waals surface area (Å²) in [5, 5.41) is 12.4. The lowest BCUT2D eigenvalue weighted by atomic mass is 10.00. The number of benzene rings is 3. The van der Waals surface area contributed by atoms with Crippen LogP contribution in [-0.2, 0) is 0 Å². The molecule has 0 radical (unpaired) electrons. The SMILES string of the molecule is Cc1cc(-c2cccc(-c3cnc(Nc4ccccc4F)o3)c2)cc(F)c1O. The van der Waals surface area contributed by atoms with Crippen LogP contribution in [-0.4, -0.2) is 10.1 Å². The number of hydrogen-bond donors (Lipinski definition) is 2. The van der Waals surface area contributed by atoms with Gasteiger partial charge in [-0.25, -0.2) is 13.8 Å². The lowest BCUT2D eigenvalue weighted by molar-refractivity contribution is 0.429.